The molecule has 2 rings (SSSR count). The SMILES string of the molecule is CC(C(=O)Cc1snnc1-c1ccccc1)C(C)(C)F. The van der Waals surface area contributed by atoms with Crippen LogP contribution in [0.1, 0.15) is 25.6 Å². The van der Waals surface area contributed by atoms with Crippen LogP contribution < -0.4 is 0 Å². The molecule has 5 heteroatoms. The normalized spacial score (nSPS) is 13.2. The van der Waals surface area contributed by atoms with Crippen molar-refractivity contribution < 1.29 is 9.18 Å². The van der Waals surface area contributed by atoms with Crippen LogP contribution in [0.2, 0.25) is 0 Å². The van der Waals surface area contributed by atoms with Gasteiger partial charge in [0.15, 0.2) is 0 Å². The first-order valence-corrected chi connectivity index (χ1v) is 7.25. The van der Waals surface area contributed by atoms with Gasteiger partial charge >= 0.3 is 0 Å². The van der Waals surface area contributed by atoms with E-state index in [1.807, 2.05) is 30.3 Å². The maximum absolute atomic E-state index is 13.8. The summed E-state index contributed by atoms with van der Waals surface area (Å²) in [4.78, 5) is 12.9. The maximum Gasteiger partial charge on any atom is 0.144 e. The van der Waals surface area contributed by atoms with E-state index in [1.165, 1.54) is 25.4 Å². The van der Waals surface area contributed by atoms with Gasteiger partial charge in [-0.1, -0.05) is 41.7 Å². The Morgan fingerprint density at radius 2 is 2.00 bits per heavy atom. The highest BCUT2D eigenvalue weighted by atomic mass is 32.1. The largest absolute Gasteiger partial charge is 0.299 e. The molecule has 0 saturated carbocycles. The second-order valence-corrected chi connectivity index (χ2v) is 6.18. The molecule has 1 aromatic carbocycles. The molecular formula is C15H17FN2OS. The second-order valence-electron chi connectivity index (χ2n) is 5.34. The van der Waals surface area contributed by atoms with E-state index in [0.717, 1.165) is 10.4 Å². The van der Waals surface area contributed by atoms with E-state index in [4.69, 9.17) is 0 Å². The quantitative estimate of drug-likeness (QED) is 0.844. The Balaban J connectivity index is 2.20. The number of Topliss-reactive ketones (excluding diaryl/α,β-unsaturated/α-hetero) is 1. The van der Waals surface area contributed by atoms with Gasteiger partial charge < -0.3 is 0 Å². The summed E-state index contributed by atoms with van der Waals surface area (Å²) in [6.07, 6.45) is 0.177. The second kappa shape index (κ2) is 5.79. The number of carbonyl (C=O) groups is 1. The van der Waals surface area contributed by atoms with E-state index < -0.39 is 11.6 Å². The van der Waals surface area contributed by atoms with Crippen molar-refractivity contribution in [2.45, 2.75) is 32.9 Å². The third-order valence-corrected chi connectivity index (χ3v) is 4.17. The van der Waals surface area contributed by atoms with E-state index in [-0.39, 0.29) is 12.2 Å². The molecule has 0 amide bonds. The van der Waals surface area contributed by atoms with Crippen LogP contribution in [0, 0.1) is 5.92 Å². The Labute approximate surface area is 122 Å². The van der Waals surface area contributed by atoms with Crippen molar-refractivity contribution in [2.24, 2.45) is 5.92 Å². The molecule has 0 fully saturated rings. The number of hydrogen-bond donors (Lipinski definition) is 0. The van der Waals surface area contributed by atoms with Gasteiger partial charge in [-0.05, 0) is 25.4 Å². The number of halogens is 1. The first-order chi connectivity index (χ1) is 9.39. The zero-order valence-electron chi connectivity index (χ0n) is 11.8. The van der Waals surface area contributed by atoms with E-state index >= 15 is 0 Å². The molecule has 0 radical (unpaired) electrons. The summed E-state index contributed by atoms with van der Waals surface area (Å²) in [6.45, 7) is 4.48. The zero-order chi connectivity index (χ0) is 14.8. The van der Waals surface area contributed by atoms with E-state index in [9.17, 15) is 9.18 Å². The highest BCUT2D eigenvalue weighted by Gasteiger charge is 2.31. The number of aromatic nitrogens is 2. The first kappa shape index (κ1) is 14.8. The number of rotatable bonds is 5. The average Bonchev–Trinajstić information content (AvgIpc) is 2.86. The van der Waals surface area contributed by atoms with Crippen molar-refractivity contribution in [3.63, 3.8) is 0 Å². The summed E-state index contributed by atoms with van der Waals surface area (Å²) in [5.41, 5.74) is 0.131. The minimum Gasteiger partial charge on any atom is -0.299 e. The number of benzene rings is 1. The summed E-state index contributed by atoms with van der Waals surface area (Å²) in [5, 5.41) is 4.08. The van der Waals surface area contributed by atoms with Gasteiger partial charge in [0.05, 0.1) is 4.88 Å². The molecule has 20 heavy (non-hydrogen) atoms. The van der Waals surface area contributed by atoms with Gasteiger partial charge in [-0.15, -0.1) is 5.10 Å². The molecule has 0 saturated heterocycles. The Morgan fingerprint density at radius 1 is 1.35 bits per heavy atom. The molecule has 106 valence electrons. The van der Waals surface area contributed by atoms with Crippen molar-refractivity contribution in [1.82, 2.24) is 9.59 Å². The Hall–Kier alpha value is -1.62. The number of nitrogens with zero attached hydrogens (tertiary/aromatic N) is 2. The standard InChI is InChI=1S/C15H17FN2OS/c1-10(15(2,3)16)12(19)9-13-14(17-18-20-13)11-7-5-4-6-8-11/h4-8,10H,9H2,1-3H3. The van der Waals surface area contributed by atoms with Crippen LogP contribution in [0.4, 0.5) is 4.39 Å². The smallest absolute Gasteiger partial charge is 0.144 e. The number of carbonyl (C=O) groups excluding carboxylic acids is 1. The van der Waals surface area contributed by atoms with Crippen molar-refractivity contribution in [2.75, 3.05) is 0 Å². The summed E-state index contributed by atoms with van der Waals surface area (Å²) in [6, 6.07) is 9.59. The number of alkyl halides is 1. The van der Waals surface area contributed by atoms with Gasteiger partial charge in [-0.25, -0.2) is 4.39 Å². The minimum absolute atomic E-state index is 0.124. The molecule has 1 heterocycles. The molecule has 0 aliphatic heterocycles. The van der Waals surface area contributed by atoms with Crippen LogP contribution in [0.15, 0.2) is 30.3 Å². The molecule has 0 aliphatic rings. The fourth-order valence-corrected chi connectivity index (χ4v) is 2.51. The van der Waals surface area contributed by atoms with E-state index in [0.29, 0.717) is 5.69 Å². The summed E-state index contributed by atoms with van der Waals surface area (Å²) < 4.78 is 17.8. The van der Waals surface area contributed by atoms with Gasteiger partial charge in [0.1, 0.15) is 17.1 Å². The third-order valence-electron chi connectivity index (χ3n) is 3.45. The molecule has 1 unspecified atom stereocenters. The fourth-order valence-electron chi connectivity index (χ4n) is 1.83. The maximum atomic E-state index is 13.8. The predicted octanol–water partition coefficient (Wildman–Crippen LogP) is 3.70. The molecule has 0 aliphatic carbocycles. The highest BCUT2D eigenvalue weighted by molar-refractivity contribution is 7.06. The highest BCUT2D eigenvalue weighted by Crippen LogP contribution is 2.27. The molecule has 0 spiro atoms. The van der Waals surface area contributed by atoms with E-state index in [2.05, 4.69) is 9.59 Å². The fraction of sp³-hybridized carbons (Fsp3) is 0.400. The summed E-state index contributed by atoms with van der Waals surface area (Å²) in [5.74, 6) is -0.769. The topological polar surface area (TPSA) is 42.9 Å². The molecule has 0 N–H and O–H groups in total. The van der Waals surface area contributed by atoms with Gasteiger partial charge in [-0.2, -0.15) is 0 Å². The van der Waals surface area contributed by atoms with Crippen LogP contribution in [0.5, 0.6) is 0 Å². The minimum atomic E-state index is -1.51. The number of ketones is 1. The van der Waals surface area contributed by atoms with Gasteiger partial charge in [0.25, 0.3) is 0 Å². The molecular weight excluding hydrogens is 275 g/mol. The van der Waals surface area contributed by atoms with Crippen molar-refractivity contribution in [3.05, 3.63) is 35.2 Å². The average molecular weight is 292 g/mol. The number of hydrogen-bond acceptors (Lipinski definition) is 4. The molecule has 0 bridgehead atoms. The third kappa shape index (κ3) is 3.28. The lowest BCUT2D eigenvalue weighted by Gasteiger charge is -2.21. The molecule has 2 aromatic rings. The van der Waals surface area contributed by atoms with Gasteiger partial charge in [-0.3, -0.25) is 4.79 Å². The van der Waals surface area contributed by atoms with E-state index in [1.54, 1.807) is 6.92 Å². The van der Waals surface area contributed by atoms with Crippen LogP contribution in [0.3, 0.4) is 0 Å². The zero-order valence-corrected chi connectivity index (χ0v) is 12.6. The van der Waals surface area contributed by atoms with Gasteiger partial charge in [0.2, 0.25) is 0 Å². The summed E-state index contributed by atoms with van der Waals surface area (Å²) >= 11 is 1.20. The lowest BCUT2D eigenvalue weighted by molar-refractivity contribution is -0.125. The predicted molar refractivity (Wildman–Crippen MR) is 78.4 cm³/mol. The lowest BCUT2D eigenvalue weighted by atomic mass is 9.88. The van der Waals surface area contributed by atoms with Gasteiger partial charge in [0, 0.05) is 17.9 Å². The van der Waals surface area contributed by atoms with Crippen molar-refractivity contribution in [1.29, 1.82) is 0 Å². The monoisotopic (exact) mass is 292 g/mol. The van der Waals surface area contributed by atoms with Crippen molar-refractivity contribution in [3.8, 4) is 11.3 Å². The Morgan fingerprint density at radius 3 is 2.60 bits per heavy atom. The van der Waals surface area contributed by atoms with Crippen LogP contribution in [-0.4, -0.2) is 21.0 Å². The Kier molecular flexibility index (Phi) is 4.28. The van der Waals surface area contributed by atoms with Crippen LogP contribution in [0.25, 0.3) is 11.3 Å². The van der Waals surface area contributed by atoms with Crippen LogP contribution >= 0.6 is 11.5 Å². The first-order valence-electron chi connectivity index (χ1n) is 6.48. The molecule has 1 aromatic heterocycles. The lowest BCUT2D eigenvalue weighted by Crippen LogP contribution is -2.31. The van der Waals surface area contributed by atoms with Crippen LogP contribution in [-0.2, 0) is 11.2 Å². The summed E-state index contributed by atoms with van der Waals surface area (Å²) in [7, 11) is 0. The van der Waals surface area contributed by atoms with Crippen molar-refractivity contribution >= 4 is 17.3 Å². The molecule has 3 nitrogen and oxygen atoms in total. The molecule has 1 atom stereocenters. The Bertz CT molecular complexity index is 589.